The zero-order chi connectivity index (χ0) is 13.3. The van der Waals surface area contributed by atoms with Gasteiger partial charge in [-0.25, -0.2) is 4.39 Å². The Balaban J connectivity index is 2.19. The molecule has 0 spiro atoms. The summed E-state index contributed by atoms with van der Waals surface area (Å²) in [6.45, 7) is 4.21. The van der Waals surface area contributed by atoms with Gasteiger partial charge in [0, 0.05) is 19.2 Å². The average Bonchev–Trinajstić information content (AvgIpc) is 2.55. The zero-order valence-corrected chi connectivity index (χ0v) is 10.7. The molecule has 2 aromatic rings. The quantitative estimate of drug-likeness (QED) is 0.878. The van der Waals surface area contributed by atoms with E-state index in [4.69, 9.17) is 0 Å². The van der Waals surface area contributed by atoms with Crippen LogP contribution in [0.15, 0.2) is 18.2 Å². The lowest BCUT2D eigenvalue weighted by Gasteiger charge is -2.08. The van der Waals surface area contributed by atoms with Crippen LogP contribution >= 0.6 is 0 Å². The molecule has 0 saturated carbocycles. The van der Waals surface area contributed by atoms with E-state index in [9.17, 15) is 9.50 Å². The van der Waals surface area contributed by atoms with Crippen molar-refractivity contribution in [3.8, 4) is 5.75 Å². The van der Waals surface area contributed by atoms with E-state index in [0.717, 1.165) is 17.1 Å². The summed E-state index contributed by atoms with van der Waals surface area (Å²) in [7, 11) is 1.87. The maximum Gasteiger partial charge on any atom is 0.123 e. The summed E-state index contributed by atoms with van der Waals surface area (Å²) in [6, 6.07) is 3.91. The Hall–Kier alpha value is -2.04. The van der Waals surface area contributed by atoms with Crippen LogP contribution < -0.4 is 5.32 Å². The smallest absolute Gasteiger partial charge is 0.123 e. The highest BCUT2D eigenvalue weighted by Crippen LogP contribution is 2.22. The number of nitrogens with one attached hydrogen (secondary N) is 1. The van der Waals surface area contributed by atoms with Crippen molar-refractivity contribution in [3.05, 3.63) is 41.0 Å². The van der Waals surface area contributed by atoms with Crippen LogP contribution in [0, 0.1) is 19.7 Å². The minimum atomic E-state index is -0.357. The van der Waals surface area contributed by atoms with Gasteiger partial charge in [0.05, 0.1) is 17.1 Å². The van der Waals surface area contributed by atoms with E-state index in [1.807, 2.05) is 20.9 Å². The molecule has 0 fully saturated rings. The summed E-state index contributed by atoms with van der Waals surface area (Å²) in [6.07, 6.45) is 0. The Morgan fingerprint density at radius 3 is 2.72 bits per heavy atom. The van der Waals surface area contributed by atoms with Gasteiger partial charge in [-0.3, -0.25) is 4.68 Å². The van der Waals surface area contributed by atoms with Crippen LogP contribution in [0.5, 0.6) is 5.75 Å². The predicted molar refractivity (Wildman–Crippen MR) is 68.1 cm³/mol. The Bertz CT molecular complexity index is 578. The molecule has 4 nitrogen and oxygen atoms in total. The molecule has 18 heavy (non-hydrogen) atoms. The van der Waals surface area contributed by atoms with Gasteiger partial charge in [-0.05, 0) is 32.0 Å². The number of anilines is 1. The lowest BCUT2D eigenvalue weighted by atomic mass is 10.2. The molecule has 0 aliphatic rings. The standard InChI is InChI=1S/C13H16FN3O/c1-8-13(9(2)17(3)16-8)15-7-10-6-11(14)4-5-12(10)18/h4-6,15,18H,7H2,1-3H3. The van der Waals surface area contributed by atoms with Gasteiger partial charge in [0.1, 0.15) is 11.6 Å². The Labute approximate surface area is 105 Å². The highest BCUT2D eigenvalue weighted by molar-refractivity contribution is 5.52. The third kappa shape index (κ3) is 2.30. The normalized spacial score (nSPS) is 10.7. The molecule has 0 bridgehead atoms. The lowest BCUT2D eigenvalue weighted by molar-refractivity contribution is 0.466. The van der Waals surface area contributed by atoms with Gasteiger partial charge in [0.25, 0.3) is 0 Å². The Kier molecular flexibility index (Phi) is 3.23. The third-order valence-corrected chi connectivity index (χ3v) is 3.01. The minimum Gasteiger partial charge on any atom is -0.508 e. The topological polar surface area (TPSA) is 50.1 Å². The molecule has 96 valence electrons. The van der Waals surface area contributed by atoms with E-state index in [1.54, 1.807) is 4.68 Å². The summed E-state index contributed by atoms with van der Waals surface area (Å²) >= 11 is 0. The van der Waals surface area contributed by atoms with Crippen LogP contribution in [0.25, 0.3) is 0 Å². The van der Waals surface area contributed by atoms with Gasteiger partial charge in [-0.1, -0.05) is 0 Å². The van der Waals surface area contributed by atoms with E-state index in [2.05, 4.69) is 10.4 Å². The molecular formula is C13H16FN3O. The SMILES string of the molecule is Cc1nn(C)c(C)c1NCc1cc(F)ccc1O. The van der Waals surface area contributed by atoms with E-state index in [1.165, 1.54) is 18.2 Å². The molecule has 1 heterocycles. The predicted octanol–water partition coefficient (Wildman–Crippen LogP) is 2.49. The number of aromatic hydroxyl groups is 1. The van der Waals surface area contributed by atoms with Crippen LogP contribution in [-0.4, -0.2) is 14.9 Å². The number of halogens is 1. The first kappa shape index (κ1) is 12.4. The van der Waals surface area contributed by atoms with Crippen molar-refractivity contribution in [2.75, 3.05) is 5.32 Å². The molecule has 0 saturated heterocycles. The van der Waals surface area contributed by atoms with Crippen LogP contribution in [0.2, 0.25) is 0 Å². The molecule has 0 radical (unpaired) electrons. The number of hydrogen-bond acceptors (Lipinski definition) is 3. The second-order valence-electron chi connectivity index (χ2n) is 4.30. The number of aryl methyl sites for hydroxylation is 2. The lowest BCUT2D eigenvalue weighted by Crippen LogP contribution is -2.02. The van der Waals surface area contributed by atoms with Gasteiger partial charge in [-0.15, -0.1) is 0 Å². The van der Waals surface area contributed by atoms with Crippen LogP contribution in [-0.2, 0) is 13.6 Å². The van der Waals surface area contributed by atoms with E-state index in [-0.39, 0.29) is 11.6 Å². The van der Waals surface area contributed by atoms with Crippen molar-refractivity contribution in [3.63, 3.8) is 0 Å². The summed E-state index contributed by atoms with van der Waals surface area (Å²) in [5.41, 5.74) is 3.33. The van der Waals surface area contributed by atoms with Crippen molar-refractivity contribution in [1.29, 1.82) is 0 Å². The highest BCUT2D eigenvalue weighted by atomic mass is 19.1. The first-order valence-electron chi connectivity index (χ1n) is 5.70. The molecule has 1 aromatic carbocycles. The largest absolute Gasteiger partial charge is 0.508 e. The molecule has 5 heteroatoms. The number of benzene rings is 1. The fourth-order valence-electron chi connectivity index (χ4n) is 1.91. The fourth-order valence-corrected chi connectivity index (χ4v) is 1.91. The van der Waals surface area contributed by atoms with Gasteiger partial charge in [0.15, 0.2) is 0 Å². The summed E-state index contributed by atoms with van der Waals surface area (Å²) in [5, 5.41) is 17.1. The zero-order valence-electron chi connectivity index (χ0n) is 10.7. The molecule has 0 atom stereocenters. The molecule has 2 rings (SSSR count). The molecule has 0 amide bonds. The minimum absolute atomic E-state index is 0.0862. The maximum absolute atomic E-state index is 13.1. The number of hydrogen-bond donors (Lipinski definition) is 2. The monoisotopic (exact) mass is 249 g/mol. The van der Waals surface area contributed by atoms with Crippen LogP contribution in [0.4, 0.5) is 10.1 Å². The second-order valence-corrected chi connectivity index (χ2v) is 4.30. The average molecular weight is 249 g/mol. The van der Waals surface area contributed by atoms with Crippen molar-refractivity contribution in [2.45, 2.75) is 20.4 Å². The van der Waals surface area contributed by atoms with Crippen LogP contribution in [0.3, 0.4) is 0 Å². The van der Waals surface area contributed by atoms with Crippen molar-refractivity contribution >= 4 is 5.69 Å². The Morgan fingerprint density at radius 1 is 1.39 bits per heavy atom. The first-order chi connectivity index (χ1) is 8.49. The molecule has 0 unspecified atom stereocenters. The van der Waals surface area contributed by atoms with Crippen LogP contribution in [0.1, 0.15) is 17.0 Å². The number of phenolic OH excluding ortho intramolecular Hbond substituents is 1. The van der Waals surface area contributed by atoms with Gasteiger partial charge in [-0.2, -0.15) is 5.10 Å². The molecule has 0 aliphatic carbocycles. The summed E-state index contributed by atoms with van der Waals surface area (Å²) in [5.74, 6) is -0.271. The fraction of sp³-hybridized carbons (Fsp3) is 0.308. The van der Waals surface area contributed by atoms with Gasteiger partial charge in [0.2, 0.25) is 0 Å². The van der Waals surface area contributed by atoms with Crippen molar-refractivity contribution < 1.29 is 9.50 Å². The van der Waals surface area contributed by atoms with Crippen molar-refractivity contribution in [2.24, 2.45) is 7.05 Å². The van der Waals surface area contributed by atoms with Crippen molar-refractivity contribution in [1.82, 2.24) is 9.78 Å². The summed E-state index contributed by atoms with van der Waals surface area (Å²) < 4.78 is 14.9. The van der Waals surface area contributed by atoms with Gasteiger partial charge >= 0.3 is 0 Å². The highest BCUT2D eigenvalue weighted by Gasteiger charge is 2.10. The number of nitrogens with zero attached hydrogens (tertiary/aromatic N) is 2. The van der Waals surface area contributed by atoms with E-state index >= 15 is 0 Å². The van der Waals surface area contributed by atoms with Gasteiger partial charge < -0.3 is 10.4 Å². The molecule has 0 aliphatic heterocycles. The Morgan fingerprint density at radius 2 is 2.11 bits per heavy atom. The summed E-state index contributed by atoms with van der Waals surface area (Å²) in [4.78, 5) is 0. The van der Waals surface area contributed by atoms with E-state index in [0.29, 0.717) is 12.1 Å². The molecule has 1 aromatic heterocycles. The molecule has 2 N–H and O–H groups in total. The molecular weight excluding hydrogens is 233 g/mol. The first-order valence-corrected chi connectivity index (χ1v) is 5.70. The second kappa shape index (κ2) is 4.68. The van der Waals surface area contributed by atoms with E-state index < -0.39 is 0 Å². The maximum atomic E-state index is 13.1. The number of phenols is 1. The number of rotatable bonds is 3. The number of aromatic nitrogens is 2. The third-order valence-electron chi connectivity index (χ3n) is 3.01.